The van der Waals surface area contributed by atoms with Crippen LogP contribution in [0.2, 0.25) is 0 Å². The molecule has 15 heavy (non-hydrogen) atoms. The number of aromatic nitrogens is 2. The monoisotopic (exact) mass is 209 g/mol. The molecule has 84 valence electrons. The van der Waals surface area contributed by atoms with Crippen LogP contribution in [0.1, 0.15) is 43.1 Å². The fraction of sp³-hybridized carbons (Fsp3) is 0.636. The highest BCUT2D eigenvalue weighted by atomic mass is 16.4. The molecular formula is C11H19N3O. The number of hydrogen-bond donors (Lipinski definition) is 1. The van der Waals surface area contributed by atoms with Crippen molar-refractivity contribution in [3.8, 4) is 0 Å². The molecule has 1 rings (SSSR count). The van der Waals surface area contributed by atoms with Gasteiger partial charge in [0.2, 0.25) is 0 Å². The number of nitrogens with zero attached hydrogens (tertiary/aromatic N) is 3. The van der Waals surface area contributed by atoms with Gasteiger partial charge in [0, 0.05) is 17.8 Å². The van der Waals surface area contributed by atoms with Crippen molar-refractivity contribution in [2.75, 3.05) is 0 Å². The Morgan fingerprint density at radius 2 is 2.13 bits per heavy atom. The molecule has 0 unspecified atom stereocenters. The van der Waals surface area contributed by atoms with Crippen molar-refractivity contribution in [2.45, 2.75) is 46.6 Å². The van der Waals surface area contributed by atoms with E-state index in [-0.39, 0.29) is 0 Å². The number of oxime groups is 1. The molecule has 0 bridgehead atoms. The topological polar surface area (TPSA) is 50.4 Å². The normalized spacial score (nSPS) is 11.4. The molecule has 0 radical (unpaired) electrons. The van der Waals surface area contributed by atoms with Crippen molar-refractivity contribution >= 4 is 6.21 Å². The lowest BCUT2D eigenvalue weighted by molar-refractivity contribution is 0.322. The Morgan fingerprint density at radius 1 is 1.40 bits per heavy atom. The van der Waals surface area contributed by atoms with Crippen molar-refractivity contribution in [3.05, 3.63) is 17.0 Å². The summed E-state index contributed by atoms with van der Waals surface area (Å²) in [7, 11) is 0. The molecule has 1 aromatic rings. The lowest BCUT2D eigenvalue weighted by Gasteiger charge is -2.03. The Morgan fingerprint density at radius 3 is 2.73 bits per heavy atom. The van der Waals surface area contributed by atoms with Crippen molar-refractivity contribution in [3.63, 3.8) is 0 Å². The van der Waals surface area contributed by atoms with Gasteiger partial charge in [-0.2, -0.15) is 5.10 Å². The molecule has 0 aliphatic rings. The third-order valence-electron chi connectivity index (χ3n) is 2.60. The van der Waals surface area contributed by atoms with Crippen molar-refractivity contribution in [1.82, 2.24) is 9.78 Å². The molecule has 0 amide bonds. The van der Waals surface area contributed by atoms with E-state index in [0.29, 0.717) is 0 Å². The Labute approximate surface area is 90.6 Å². The van der Waals surface area contributed by atoms with Crippen LogP contribution in [0.3, 0.4) is 0 Å². The zero-order valence-corrected chi connectivity index (χ0v) is 9.69. The van der Waals surface area contributed by atoms with Gasteiger partial charge in [-0.1, -0.05) is 24.9 Å². The minimum atomic E-state index is 0.918. The Kier molecular flexibility index (Phi) is 4.34. The Bertz CT molecular complexity index is 342. The van der Waals surface area contributed by atoms with Crippen LogP contribution in [-0.4, -0.2) is 21.2 Å². The summed E-state index contributed by atoms with van der Waals surface area (Å²) >= 11 is 0. The van der Waals surface area contributed by atoms with E-state index in [2.05, 4.69) is 17.2 Å². The molecule has 0 aliphatic carbocycles. The molecule has 0 saturated heterocycles. The van der Waals surface area contributed by atoms with E-state index < -0.39 is 0 Å². The molecule has 0 aromatic carbocycles. The van der Waals surface area contributed by atoms with Crippen LogP contribution in [0.15, 0.2) is 5.16 Å². The van der Waals surface area contributed by atoms with E-state index in [1.54, 1.807) is 0 Å². The van der Waals surface area contributed by atoms with E-state index in [1.165, 1.54) is 19.1 Å². The SMILES string of the molecule is CCCCCn1nc(C)c(C=NO)c1C. The summed E-state index contributed by atoms with van der Waals surface area (Å²) in [6, 6.07) is 0. The van der Waals surface area contributed by atoms with E-state index in [1.807, 2.05) is 18.5 Å². The molecule has 0 fully saturated rings. The Hall–Kier alpha value is -1.32. The summed E-state index contributed by atoms with van der Waals surface area (Å²) in [5.74, 6) is 0. The summed E-state index contributed by atoms with van der Waals surface area (Å²) in [6.07, 6.45) is 5.04. The van der Waals surface area contributed by atoms with Gasteiger partial charge in [0.15, 0.2) is 0 Å². The third kappa shape index (κ3) is 2.81. The van der Waals surface area contributed by atoms with Gasteiger partial charge in [-0.05, 0) is 20.3 Å². The van der Waals surface area contributed by atoms with E-state index >= 15 is 0 Å². The molecule has 1 aromatic heterocycles. The summed E-state index contributed by atoms with van der Waals surface area (Å²) in [4.78, 5) is 0. The maximum absolute atomic E-state index is 8.52. The van der Waals surface area contributed by atoms with Gasteiger partial charge < -0.3 is 5.21 Å². The first-order valence-corrected chi connectivity index (χ1v) is 5.42. The lowest BCUT2D eigenvalue weighted by Crippen LogP contribution is -2.02. The first-order valence-electron chi connectivity index (χ1n) is 5.42. The predicted molar refractivity (Wildman–Crippen MR) is 60.6 cm³/mol. The molecule has 4 nitrogen and oxygen atoms in total. The minimum absolute atomic E-state index is 0.918. The maximum Gasteiger partial charge on any atom is 0.0770 e. The lowest BCUT2D eigenvalue weighted by atomic mass is 10.2. The van der Waals surface area contributed by atoms with Gasteiger partial charge in [0.1, 0.15) is 0 Å². The molecule has 0 aliphatic heterocycles. The standard InChI is InChI=1S/C11H19N3O/c1-4-5-6-7-14-10(3)11(8-12-15)9(2)13-14/h8,15H,4-7H2,1-3H3. The van der Waals surface area contributed by atoms with Crippen LogP contribution < -0.4 is 0 Å². The second kappa shape index (κ2) is 5.53. The van der Waals surface area contributed by atoms with Crippen LogP contribution in [0, 0.1) is 13.8 Å². The number of rotatable bonds is 5. The highest BCUT2D eigenvalue weighted by molar-refractivity contribution is 5.82. The van der Waals surface area contributed by atoms with Gasteiger partial charge in [0.05, 0.1) is 11.9 Å². The van der Waals surface area contributed by atoms with Crippen molar-refractivity contribution in [1.29, 1.82) is 0 Å². The van der Waals surface area contributed by atoms with E-state index in [0.717, 1.165) is 29.9 Å². The van der Waals surface area contributed by atoms with Crippen LogP contribution in [0.5, 0.6) is 0 Å². The van der Waals surface area contributed by atoms with Crippen LogP contribution in [0.25, 0.3) is 0 Å². The number of unbranched alkanes of at least 4 members (excludes halogenated alkanes) is 2. The molecule has 0 spiro atoms. The maximum atomic E-state index is 8.52. The van der Waals surface area contributed by atoms with E-state index in [4.69, 9.17) is 5.21 Å². The quantitative estimate of drug-likeness (QED) is 0.350. The number of aryl methyl sites for hydroxylation is 2. The fourth-order valence-corrected chi connectivity index (χ4v) is 1.68. The van der Waals surface area contributed by atoms with Crippen LogP contribution in [-0.2, 0) is 6.54 Å². The molecule has 4 heteroatoms. The minimum Gasteiger partial charge on any atom is -0.411 e. The zero-order chi connectivity index (χ0) is 11.3. The van der Waals surface area contributed by atoms with Crippen LogP contribution >= 0.6 is 0 Å². The molecule has 1 N–H and O–H groups in total. The zero-order valence-electron chi connectivity index (χ0n) is 9.69. The number of hydrogen-bond acceptors (Lipinski definition) is 3. The van der Waals surface area contributed by atoms with E-state index in [9.17, 15) is 0 Å². The average Bonchev–Trinajstić information content (AvgIpc) is 2.47. The largest absolute Gasteiger partial charge is 0.411 e. The predicted octanol–water partition coefficient (Wildman–Crippen LogP) is 2.50. The molecule has 1 heterocycles. The first-order chi connectivity index (χ1) is 7.20. The third-order valence-corrected chi connectivity index (χ3v) is 2.60. The highest BCUT2D eigenvalue weighted by Crippen LogP contribution is 2.11. The summed E-state index contributed by atoms with van der Waals surface area (Å²) in [5, 5.41) is 16.0. The molecule has 0 atom stereocenters. The van der Waals surface area contributed by atoms with Gasteiger partial charge in [-0.3, -0.25) is 4.68 Å². The van der Waals surface area contributed by atoms with Gasteiger partial charge in [0.25, 0.3) is 0 Å². The summed E-state index contributed by atoms with van der Waals surface area (Å²) < 4.78 is 1.99. The average molecular weight is 209 g/mol. The van der Waals surface area contributed by atoms with Gasteiger partial charge in [-0.15, -0.1) is 0 Å². The van der Waals surface area contributed by atoms with Gasteiger partial charge in [-0.25, -0.2) is 0 Å². The van der Waals surface area contributed by atoms with Crippen molar-refractivity contribution in [2.24, 2.45) is 5.16 Å². The van der Waals surface area contributed by atoms with Crippen molar-refractivity contribution < 1.29 is 5.21 Å². The first kappa shape index (κ1) is 11.8. The summed E-state index contributed by atoms with van der Waals surface area (Å²) in [6.45, 7) is 7.06. The molecule has 0 saturated carbocycles. The van der Waals surface area contributed by atoms with Gasteiger partial charge >= 0.3 is 0 Å². The Balaban J connectivity index is 2.77. The fourth-order valence-electron chi connectivity index (χ4n) is 1.68. The second-order valence-corrected chi connectivity index (χ2v) is 3.76. The second-order valence-electron chi connectivity index (χ2n) is 3.76. The molecular weight excluding hydrogens is 190 g/mol. The summed E-state index contributed by atoms with van der Waals surface area (Å²) in [5.41, 5.74) is 2.91. The van der Waals surface area contributed by atoms with Crippen LogP contribution in [0.4, 0.5) is 0 Å². The smallest absolute Gasteiger partial charge is 0.0770 e. The highest BCUT2D eigenvalue weighted by Gasteiger charge is 2.08.